The molecule has 1 atom stereocenters. The van der Waals surface area contributed by atoms with Crippen molar-refractivity contribution in [1.82, 2.24) is 5.32 Å². The maximum Gasteiger partial charge on any atom is 0.261 e. The molecule has 8 heteroatoms. The summed E-state index contributed by atoms with van der Waals surface area (Å²) in [6.07, 6.45) is 0.581. The first-order chi connectivity index (χ1) is 9.66. The van der Waals surface area contributed by atoms with Gasteiger partial charge in [-0.2, -0.15) is 0 Å². The van der Waals surface area contributed by atoms with E-state index in [2.05, 4.69) is 5.32 Å². The zero-order valence-corrected chi connectivity index (χ0v) is 13.5. The van der Waals surface area contributed by atoms with Crippen molar-refractivity contribution >= 4 is 25.6 Å². The third kappa shape index (κ3) is 4.94. The average molecular weight is 338 g/mol. The second-order valence-corrected chi connectivity index (χ2v) is 7.20. The minimum atomic E-state index is -4.12. The third-order valence-electron chi connectivity index (χ3n) is 2.96. The van der Waals surface area contributed by atoms with Crippen LogP contribution in [0.3, 0.4) is 0 Å². The molecule has 1 amide bonds. The molecule has 1 aromatic rings. The molecular weight excluding hydrogens is 321 g/mol. The lowest BCUT2D eigenvalue weighted by molar-refractivity contribution is 0.0928. The summed E-state index contributed by atoms with van der Waals surface area (Å²) in [5.74, 6) is -1.40. The SMILES string of the molecule is COCCC(C)NC(=O)c1cc(F)cc(S(=O)(=O)Cl)c1C. The van der Waals surface area contributed by atoms with Crippen molar-refractivity contribution in [3.63, 3.8) is 0 Å². The number of benzene rings is 1. The number of amides is 1. The lowest BCUT2D eigenvalue weighted by Crippen LogP contribution is -2.34. The van der Waals surface area contributed by atoms with Gasteiger partial charge >= 0.3 is 0 Å². The van der Waals surface area contributed by atoms with E-state index in [4.69, 9.17) is 15.4 Å². The highest BCUT2D eigenvalue weighted by atomic mass is 35.7. The Morgan fingerprint density at radius 3 is 2.62 bits per heavy atom. The van der Waals surface area contributed by atoms with Crippen molar-refractivity contribution in [3.8, 4) is 0 Å². The number of carbonyl (C=O) groups is 1. The van der Waals surface area contributed by atoms with Gasteiger partial charge in [-0.15, -0.1) is 0 Å². The van der Waals surface area contributed by atoms with Gasteiger partial charge in [0, 0.05) is 36.0 Å². The predicted octanol–water partition coefficient (Wildman–Crippen LogP) is 2.22. The van der Waals surface area contributed by atoms with E-state index in [9.17, 15) is 17.6 Å². The van der Waals surface area contributed by atoms with Crippen molar-refractivity contribution < 1.29 is 22.3 Å². The summed E-state index contributed by atoms with van der Waals surface area (Å²) in [5.41, 5.74) is 0.0568. The van der Waals surface area contributed by atoms with Crippen molar-refractivity contribution in [1.29, 1.82) is 0 Å². The Hall–Kier alpha value is -1.18. The van der Waals surface area contributed by atoms with Crippen LogP contribution in [0.2, 0.25) is 0 Å². The molecule has 0 saturated heterocycles. The maximum atomic E-state index is 13.5. The number of hydrogen-bond donors (Lipinski definition) is 1. The number of ether oxygens (including phenoxy) is 1. The van der Waals surface area contributed by atoms with Crippen molar-refractivity contribution in [2.24, 2.45) is 0 Å². The summed E-state index contributed by atoms with van der Waals surface area (Å²) < 4.78 is 41.2. The van der Waals surface area contributed by atoms with Crippen molar-refractivity contribution in [2.45, 2.75) is 31.2 Å². The highest BCUT2D eigenvalue weighted by molar-refractivity contribution is 8.13. The van der Waals surface area contributed by atoms with Crippen LogP contribution in [0.1, 0.15) is 29.3 Å². The highest BCUT2D eigenvalue weighted by Crippen LogP contribution is 2.24. The van der Waals surface area contributed by atoms with Gasteiger partial charge in [0.15, 0.2) is 0 Å². The van der Waals surface area contributed by atoms with Gasteiger partial charge in [-0.3, -0.25) is 4.79 Å². The van der Waals surface area contributed by atoms with Crippen LogP contribution in [0.15, 0.2) is 17.0 Å². The molecule has 1 N–H and O–H groups in total. The Morgan fingerprint density at radius 1 is 1.48 bits per heavy atom. The van der Waals surface area contributed by atoms with Gasteiger partial charge in [0.25, 0.3) is 15.0 Å². The van der Waals surface area contributed by atoms with Crippen molar-refractivity contribution in [3.05, 3.63) is 29.1 Å². The van der Waals surface area contributed by atoms with E-state index in [-0.39, 0.29) is 17.2 Å². The molecule has 1 rings (SSSR count). The summed E-state index contributed by atoms with van der Waals surface area (Å²) in [4.78, 5) is 11.7. The van der Waals surface area contributed by atoms with E-state index in [1.807, 2.05) is 0 Å². The minimum Gasteiger partial charge on any atom is -0.385 e. The Labute approximate surface area is 127 Å². The number of hydrogen-bond acceptors (Lipinski definition) is 4. The Kier molecular flexibility index (Phi) is 6.12. The Bertz CT molecular complexity index is 633. The van der Waals surface area contributed by atoms with Crippen LogP contribution in [0.4, 0.5) is 4.39 Å². The summed E-state index contributed by atoms with van der Waals surface area (Å²) >= 11 is 0. The van der Waals surface area contributed by atoms with Crippen LogP contribution >= 0.6 is 10.7 Å². The van der Waals surface area contributed by atoms with E-state index in [0.717, 1.165) is 12.1 Å². The standard InChI is InChI=1S/C13H17ClFNO4S/c1-8(4-5-20-3)16-13(17)11-6-10(15)7-12(9(11)2)21(14,18)19/h6-8H,4-5H2,1-3H3,(H,16,17). The molecule has 118 valence electrons. The van der Waals surface area contributed by atoms with Crippen molar-refractivity contribution in [2.75, 3.05) is 13.7 Å². The molecule has 0 radical (unpaired) electrons. The zero-order chi connectivity index (χ0) is 16.2. The lowest BCUT2D eigenvalue weighted by atomic mass is 10.1. The zero-order valence-electron chi connectivity index (χ0n) is 11.9. The molecule has 0 spiro atoms. The third-order valence-corrected chi connectivity index (χ3v) is 4.41. The van der Waals surface area contributed by atoms with Gasteiger partial charge in [0.1, 0.15) is 5.82 Å². The van der Waals surface area contributed by atoms with E-state index in [0.29, 0.717) is 13.0 Å². The molecule has 0 saturated carbocycles. The molecule has 0 heterocycles. The fourth-order valence-corrected chi connectivity index (χ4v) is 3.02. The molecule has 1 aromatic carbocycles. The van der Waals surface area contributed by atoms with Gasteiger partial charge in [0.2, 0.25) is 0 Å². The molecule has 21 heavy (non-hydrogen) atoms. The first-order valence-corrected chi connectivity index (χ1v) is 8.52. The topological polar surface area (TPSA) is 72.5 Å². The summed E-state index contributed by atoms with van der Waals surface area (Å²) in [5, 5.41) is 2.65. The van der Waals surface area contributed by atoms with Crippen LogP contribution < -0.4 is 5.32 Å². The normalized spacial score (nSPS) is 13.0. The fourth-order valence-electron chi connectivity index (χ4n) is 1.81. The molecular formula is C13H17ClFNO4S. The number of nitrogens with one attached hydrogen (secondary N) is 1. The quantitative estimate of drug-likeness (QED) is 0.808. The van der Waals surface area contributed by atoms with Crippen LogP contribution in [-0.4, -0.2) is 34.1 Å². The Balaban J connectivity index is 3.08. The minimum absolute atomic E-state index is 0.0570. The number of halogens is 2. The molecule has 0 aliphatic carbocycles. The summed E-state index contributed by atoms with van der Waals surface area (Å²) in [6.45, 7) is 3.64. The van der Waals surface area contributed by atoms with Crippen LogP contribution in [0.25, 0.3) is 0 Å². The summed E-state index contributed by atoms with van der Waals surface area (Å²) in [6, 6.07) is 1.58. The highest BCUT2D eigenvalue weighted by Gasteiger charge is 2.21. The molecule has 0 bridgehead atoms. The molecule has 0 aliphatic heterocycles. The van der Waals surface area contributed by atoms with Gasteiger partial charge < -0.3 is 10.1 Å². The Morgan fingerprint density at radius 2 is 2.10 bits per heavy atom. The molecule has 0 aromatic heterocycles. The number of rotatable bonds is 6. The lowest BCUT2D eigenvalue weighted by Gasteiger charge is -2.15. The second-order valence-electron chi connectivity index (χ2n) is 4.67. The van der Waals surface area contributed by atoms with Crippen LogP contribution in [0.5, 0.6) is 0 Å². The molecule has 5 nitrogen and oxygen atoms in total. The first-order valence-electron chi connectivity index (χ1n) is 6.21. The predicted molar refractivity (Wildman–Crippen MR) is 77.6 cm³/mol. The van der Waals surface area contributed by atoms with Gasteiger partial charge in [0.05, 0.1) is 4.90 Å². The smallest absolute Gasteiger partial charge is 0.261 e. The number of methoxy groups -OCH3 is 1. The summed E-state index contributed by atoms with van der Waals surface area (Å²) in [7, 11) is 2.67. The average Bonchev–Trinajstić information content (AvgIpc) is 2.37. The van der Waals surface area contributed by atoms with E-state index in [1.165, 1.54) is 6.92 Å². The van der Waals surface area contributed by atoms with E-state index in [1.54, 1.807) is 14.0 Å². The molecule has 0 aliphatic rings. The fraction of sp³-hybridized carbons (Fsp3) is 0.462. The van der Waals surface area contributed by atoms with E-state index >= 15 is 0 Å². The largest absolute Gasteiger partial charge is 0.385 e. The van der Waals surface area contributed by atoms with E-state index < -0.39 is 25.7 Å². The van der Waals surface area contributed by atoms with Crippen LogP contribution in [0, 0.1) is 12.7 Å². The van der Waals surface area contributed by atoms with Gasteiger partial charge in [-0.25, -0.2) is 12.8 Å². The van der Waals surface area contributed by atoms with Crippen LogP contribution in [-0.2, 0) is 13.8 Å². The second kappa shape index (κ2) is 7.20. The number of carbonyl (C=O) groups excluding carboxylic acids is 1. The molecule has 0 fully saturated rings. The monoisotopic (exact) mass is 337 g/mol. The first kappa shape index (κ1) is 17.9. The maximum absolute atomic E-state index is 13.5. The van der Waals surface area contributed by atoms with Gasteiger partial charge in [-0.05, 0) is 38.0 Å². The molecule has 1 unspecified atom stereocenters. The van der Waals surface area contributed by atoms with Gasteiger partial charge in [-0.1, -0.05) is 0 Å².